The number of piperidine rings is 1. The second kappa shape index (κ2) is 6.10. The number of rotatable bonds is 4. The maximum absolute atomic E-state index is 4.08. The number of thiophene rings is 1. The van der Waals surface area contributed by atoms with Crippen LogP contribution in [0, 0.1) is 0 Å². The molecule has 4 rings (SSSR count). The first-order valence-electron chi connectivity index (χ1n) is 7.81. The Hall–Kier alpha value is -1.85. The molecule has 5 heteroatoms. The van der Waals surface area contributed by atoms with Crippen molar-refractivity contribution < 1.29 is 0 Å². The van der Waals surface area contributed by atoms with Crippen LogP contribution in [0.5, 0.6) is 0 Å². The molecule has 3 heterocycles. The third-order valence-electron chi connectivity index (χ3n) is 4.28. The van der Waals surface area contributed by atoms with Crippen molar-refractivity contribution in [1.82, 2.24) is 15.1 Å². The largest absolute Gasteiger partial charge is 0.381 e. The zero-order valence-corrected chi connectivity index (χ0v) is 13.3. The Morgan fingerprint density at radius 1 is 1.36 bits per heavy atom. The van der Waals surface area contributed by atoms with Crippen molar-refractivity contribution in [1.29, 1.82) is 0 Å². The third kappa shape index (κ3) is 3.00. The van der Waals surface area contributed by atoms with E-state index in [0.29, 0.717) is 6.04 Å². The van der Waals surface area contributed by atoms with Gasteiger partial charge in [0.25, 0.3) is 0 Å². The van der Waals surface area contributed by atoms with E-state index in [1.54, 1.807) is 0 Å². The minimum Gasteiger partial charge on any atom is -0.381 e. The van der Waals surface area contributed by atoms with Crippen LogP contribution in [0.4, 0.5) is 5.69 Å². The van der Waals surface area contributed by atoms with Gasteiger partial charge in [0.2, 0.25) is 0 Å². The first-order valence-corrected chi connectivity index (χ1v) is 8.69. The van der Waals surface area contributed by atoms with Crippen LogP contribution in [0.15, 0.2) is 41.9 Å². The number of fused-ring (bicyclic) bond motifs is 1. The Bertz CT molecular complexity index is 734. The summed E-state index contributed by atoms with van der Waals surface area (Å²) in [5, 5.41) is 14.1. The first kappa shape index (κ1) is 13.8. The number of benzene rings is 1. The lowest BCUT2D eigenvalue weighted by Crippen LogP contribution is -2.41. The number of nitrogens with one attached hydrogen (secondary N) is 2. The van der Waals surface area contributed by atoms with Crippen molar-refractivity contribution in [2.45, 2.75) is 25.4 Å². The van der Waals surface area contributed by atoms with E-state index in [0.717, 1.165) is 24.0 Å². The highest BCUT2D eigenvalue weighted by Gasteiger charge is 2.20. The van der Waals surface area contributed by atoms with Crippen LogP contribution >= 0.6 is 11.3 Å². The van der Waals surface area contributed by atoms with Gasteiger partial charge in [-0.25, -0.2) is 0 Å². The number of nitrogens with zero attached hydrogens (tertiary/aromatic N) is 2. The molecule has 0 spiro atoms. The fourth-order valence-corrected chi connectivity index (χ4v) is 3.95. The van der Waals surface area contributed by atoms with Gasteiger partial charge in [-0.2, -0.15) is 5.10 Å². The van der Waals surface area contributed by atoms with Crippen LogP contribution in [0.2, 0.25) is 0 Å². The molecule has 1 fully saturated rings. The van der Waals surface area contributed by atoms with E-state index in [2.05, 4.69) is 56.1 Å². The number of aromatic nitrogens is 2. The van der Waals surface area contributed by atoms with E-state index >= 15 is 0 Å². The summed E-state index contributed by atoms with van der Waals surface area (Å²) < 4.78 is 0. The van der Waals surface area contributed by atoms with Gasteiger partial charge in [0.1, 0.15) is 0 Å². The van der Waals surface area contributed by atoms with Gasteiger partial charge in [0, 0.05) is 35.1 Å². The zero-order chi connectivity index (χ0) is 14.8. The fourth-order valence-electron chi connectivity index (χ4n) is 3.21. The van der Waals surface area contributed by atoms with Gasteiger partial charge < -0.3 is 5.32 Å². The third-order valence-corrected chi connectivity index (χ3v) is 5.14. The molecular formula is C17H20N4S. The lowest BCUT2D eigenvalue weighted by molar-refractivity contribution is 0.210. The second-order valence-electron chi connectivity index (χ2n) is 5.97. The van der Waals surface area contributed by atoms with E-state index < -0.39 is 0 Å². The molecule has 3 aromatic rings. The number of anilines is 1. The van der Waals surface area contributed by atoms with Gasteiger partial charge in [0.05, 0.1) is 11.7 Å². The summed E-state index contributed by atoms with van der Waals surface area (Å²) in [4.78, 5) is 4.02. The Morgan fingerprint density at radius 3 is 3.27 bits per heavy atom. The van der Waals surface area contributed by atoms with Crippen molar-refractivity contribution in [3.05, 3.63) is 46.8 Å². The summed E-state index contributed by atoms with van der Waals surface area (Å²) in [5.41, 5.74) is 2.28. The van der Waals surface area contributed by atoms with Gasteiger partial charge in [-0.05, 0) is 49.0 Å². The molecule has 1 atom stereocenters. The normalized spacial score (nSPS) is 19.5. The molecular weight excluding hydrogens is 292 g/mol. The van der Waals surface area contributed by atoms with Crippen molar-refractivity contribution in [3.8, 4) is 0 Å². The molecule has 1 aliphatic rings. The molecule has 0 saturated carbocycles. The standard InChI is InChI=1S/C17H20N4S/c1-3-15(11-21(7-1)12-16-4-2-8-22-16)19-14-5-6-17-13(9-14)10-18-20-17/h2,4-6,8-10,15,19H,1,3,7,11-12H2,(H,18,20)/t15-/m0/s1. The zero-order valence-electron chi connectivity index (χ0n) is 12.5. The molecule has 2 N–H and O–H groups in total. The molecule has 114 valence electrons. The molecule has 0 amide bonds. The maximum Gasteiger partial charge on any atom is 0.0651 e. The number of likely N-dealkylation sites (tertiary alicyclic amines) is 1. The van der Waals surface area contributed by atoms with Crippen LogP contribution in [0.1, 0.15) is 17.7 Å². The predicted molar refractivity (Wildman–Crippen MR) is 92.3 cm³/mol. The summed E-state index contributed by atoms with van der Waals surface area (Å²) in [6, 6.07) is 11.3. The SMILES string of the molecule is c1csc(CN2CCC[C@H](Nc3ccc4[nH]ncc4c3)C2)c1. The monoisotopic (exact) mass is 312 g/mol. The minimum atomic E-state index is 0.526. The topological polar surface area (TPSA) is 44.0 Å². The highest BCUT2D eigenvalue weighted by Crippen LogP contribution is 2.22. The molecule has 1 saturated heterocycles. The fraction of sp³-hybridized carbons (Fsp3) is 0.353. The lowest BCUT2D eigenvalue weighted by atomic mass is 10.0. The van der Waals surface area contributed by atoms with Gasteiger partial charge >= 0.3 is 0 Å². The Morgan fingerprint density at radius 2 is 2.36 bits per heavy atom. The molecule has 2 aromatic heterocycles. The number of H-pyrrole nitrogens is 1. The summed E-state index contributed by atoms with van der Waals surface area (Å²) in [7, 11) is 0. The molecule has 1 aliphatic heterocycles. The quantitative estimate of drug-likeness (QED) is 0.772. The predicted octanol–water partition coefficient (Wildman–Crippen LogP) is 3.70. The molecule has 4 nitrogen and oxygen atoms in total. The molecule has 0 bridgehead atoms. The number of hydrogen-bond acceptors (Lipinski definition) is 4. The average molecular weight is 312 g/mol. The van der Waals surface area contributed by atoms with Crippen molar-refractivity contribution in [3.63, 3.8) is 0 Å². The van der Waals surface area contributed by atoms with Gasteiger partial charge in [-0.15, -0.1) is 11.3 Å². The molecule has 0 radical (unpaired) electrons. The van der Waals surface area contributed by atoms with Gasteiger partial charge in [-0.1, -0.05) is 6.07 Å². The Balaban J connectivity index is 1.41. The van der Waals surface area contributed by atoms with E-state index in [-0.39, 0.29) is 0 Å². The number of hydrogen-bond donors (Lipinski definition) is 2. The molecule has 0 aliphatic carbocycles. The van der Waals surface area contributed by atoms with Gasteiger partial charge in [0.15, 0.2) is 0 Å². The van der Waals surface area contributed by atoms with E-state index in [1.165, 1.54) is 30.0 Å². The van der Waals surface area contributed by atoms with Crippen LogP contribution in [-0.4, -0.2) is 34.2 Å². The van der Waals surface area contributed by atoms with E-state index in [1.807, 2.05) is 17.5 Å². The van der Waals surface area contributed by atoms with Crippen LogP contribution in [-0.2, 0) is 6.54 Å². The molecule has 22 heavy (non-hydrogen) atoms. The smallest absolute Gasteiger partial charge is 0.0651 e. The summed E-state index contributed by atoms with van der Waals surface area (Å²) in [5.74, 6) is 0. The van der Waals surface area contributed by atoms with E-state index in [9.17, 15) is 0 Å². The number of aromatic amines is 1. The Kier molecular flexibility index (Phi) is 3.83. The second-order valence-corrected chi connectivity index (χ2v) is 7.00. The Labute approximate surface area is 134 Å². The summed E-state index contributed by atoms with van der Waals surface area (Å²) >= 11 is 1.85. The highest BCUT2D eigenvalue weighted by atomic mass is 32.1. The molecule has 0 unspecified atom stereocenters. The van der Waals surface area contributed by atoms with Gasteiger partial charge in [-0.3, -0.25) is 10.00 Å². The van der Waals surface area contributed by atoms with Crippen molar-refractivity contribution in [2.75, 3.05) is 18.4 Å². The van der Waals surface area contributed by atoms with Crippen molar-refractivity contribution in [2.24, 2.45) is 0 Å². The van der Waals surface area contributed by atoms with Crippen LogP contribution < -0.4 is 5.32 Å². The summed E-state index contributed by atoms with van der Waals surface area (Å²) in [6.07, 6.45) is 4.38. The van der Waals surface area contributed by atoms with Crippen molar-refractivity contribution >= 4 is 27.9 Å². The average Bonchev–Trinajstić information content (AvgIpc) is 3.18. The van der Waals surface area contributed by atoms with Crippen LogP contribution in [0.25, 0.3) is 10.9 Å². The van der Waals surface area contributed by atoms with Crippen LogP contribution in [0.3, 0.4) is 0 Å². The van der Waals surface area contributed by atoms with E-state index in [4.69, 9.17) is 0 Å². The maximum atomic E-state index is 4.08. The molecule has 1 aromatic carbocycles. The minimum absolute atomic E-state index is 0.526. The lowest BCUT2D eigenvalue weighted by Gasteiger charge is -2.33. The highest BCUT2D eigenvalue weighted by molar-refractivity contribution is 7.09. The first-order chi connectivity index (χ1) is 10.9. The summed E-state index contributed by atoms with van der Waals surface area (Å²) in [6.45, 7) is 3.40.